The topological polar surface area (TPSA) is 80.5 Å². The summed E-state index contributed by atoms with van der Waals surface area (Å²) in [5.41, 5.74) is 3.15. The normalized spacial score (nSPS) is 11.9. The Kier molecular flexibility index (Phi) is 5.23. The smallest absolute Gasteiger partial charge is 0.265 e. The summed E-state index contributed by atoms with van der Waals surface area (Å²) in [6, 6.07) is 19.1. The van der Waals surface area contributed by atoms with Crippen molar-refractivity contribution in [1.82, 2.24) is 19.6 Å². The molecule has 0 aliphatic rings. The van der Waals surface area contributed by atoms with Crippen molar-refractivity contribution >= 4 is 55.7 Å². The van der Waals surface area contributed by atoms with Gasteiger partial charge in [-0.05, 0) is 49.4 Å². The van der Waals surface area contributed by atoms with Crippen molar-refractivity contribution in [3.8, 4) is 11.4 Å². The molecule has 0 spiro atoms. The Morgan fingerprint density at radius 1 is 0.939 bits per heavy atom. The van der Waals surface area contributed by atoms with E-state index in [0.29, 0.717) is 32.5 Å². The summed E-state index contributed by atoms with van der Waals surface area (Å²) in [4.78, 5) is 4.78. The van der Waals surface area contributed by atoms with Crippen LogP contribution in [0.4, 0.5) is 5.82 Å². The Morgan fingerprint density at radius 2 is 1.67 bits per heavy atom. The molecule has 0 amide bonds. The second kappa shape index (κ2) is 7.98. The van der Waals surface area contributed by atoms with E-state index in [4.69, 9.17) is 23.2 Å². The van der Waals surface area contributed by atoms with Crippen LogP contribution in [0.15, 0.2) is 71.6 Å². The first-order valence-electron chi connectivity index (χ1n) is 9.92. The Hall–Kier alpha value is -3.20. The molecule has 0 radical (unpaired) electrons. The Morgan fingerprint density at radius 3 is 2.39 bits per heavy atom. The fourth-order valence-electron chi connectivity index (χ4n) is 3.61. The number of aromatic nitrogens is 4. The number of nitrogens with zero attached hydrogens (tertiary/aromatic N) is 5. The largest absolute Gasteiger partial charge is 0.270 e. The van der Waals surface area contributed by atoms with E-state index in [2.05, 4.69) is 15.2 Å². The van der Waals surface area contributed by atoms with Gasteiger partial charge in [0.1, 0.15) is 0 Å². The maximum absolute atomic E-state index is 13.4. The summed E-state index contributed by atoms with van der Waals surface area (Å²) in [6.45, 7) is 1.90. The number of rotatable bonds is 4. The molecule has 0 aliphatic heterocycles. The van der Waals surface area contributed by atoms with Crippen LogP contribution in [0.1, 0.15) is 5.56 Å². The van der Waals surface area contributed by atoms with E-state index in [-0.39, 0.29) is 16.4 Å². The molecule has 166 valence electrons. The highest BCUT2D eigenvalue weighted by Gasteiger charge is 2.27. The van der Waals surface area contributed by atoms with Crippen LogP contribution >= 0.6 is 23.2 Å². The minimum absolute atomic E-state index is 0.151. The van der Waals surface area contributed by atoms with Crippen LogP contribution in [0.5, 0.6) is 0 Å². The monoisotopic (exact) mass is 497 g/mol. The van der Waals surface area contributed by atoms with Gasteiger partial charge in [-0.2, -0.15) is 0 Å². The van der Waals surface area contributed by atoms with Crippen LogP contribution in [-0.2, 0) is 10.0 Å². The molecule has 2 aromatic heterocycles. The van der Waals surface area contributed by atoms with E-state index in [1.807, 2.05) is 25.1 Å². The highest BCUT2D eigenvalue weighted by Crippen LogP contribution is 2.34. The zero-order chi connectivity index (χ0) is 23.3. The minimum atomic E-state index is -3.89. The fraction of sp³-hybridized carbons (Fsp3) is 0.0870. The maximum Gasteiger partial charge on any atom is 0.265 e. The molecule has 3 aromatic carbocycles. The third kappa shape index (κ3) is 3.60. The van der Waals surface area contributed by atoms with Crippen LogP contribution in [0.25, 0.3) is 28.1 Å². The first-order valence-corrected chi connectivity index (χ1v) is 12.1. The molecular weight excluding hydrogens is 481 g/mol. The molecule has 7 nitrogen and oxygen atoms in total. The number of hydrogen-bond acceptors (Lipinski definition) is 5. The minimum Gasteiger partial charge on any atom is -0.270 e. The lowest BCUT2D eigenvalue weighted by atomic mass is 10.2. The zero-order valence-corrected chi connectivity index (χ0v) is 19.9. The van der Waals surface area contributed by atoms with Gasteiger partial charge in [0.25, 0.3) is 10.0 Å². The van der Waals surface area contributed by atoms with Gasteiger partial charge in [-0.25, -0.2) is 17.7 Å². The zero-order valence-electron chi connectivity index (χ0n) is 17.6. The summed E-state index contributed by atoms with van der Waals surface area (Å²) < 4.78 is 29.7. The Bertz CT molecular complexity index is 1630. The third-order valence-corrected chi connectivity index (χ3v) is 7.67. The predicted octanol–water partition coefficient (Wildman–Crippen LogP) is 5.38. The summed E-state index contributed by atoms with van der Waals surface area (Å²) in [5, 5.41) is 9.54. The molecule has 0 fully saturated rings. The van der Waals surface area contributed by atoms with Crippen molar-refractivity contribution in [2.75, 3.05) is 11.4 Å². The van der Waals surface area contributed by atoms with Gasteiger partial charge in [0.15, 0.2) is 11.6 Å². The van der Waals surface area contributed by atoms with Gasteiger partial charge in [-0.1, -0.05) is 53.0 Å². The number of benzene rings is 3. The molecule has 2 heterocycles. The summed E-state index contributed by atoms with van der Waals surface area (Å²) in [7, 11) is -2.44. The SMILES string of the molecule is Cc1ccc(S(=O)(=O)N(C)c2nc3ccccc3n3c(-c4ccc(Cl)cc4Cl)nnc23)cc1. The second-order valence-electron chi connectivity index (χ2n) is 7.52. The molecule has 0 atom stereocenters. The van der Waals surface area contributed by atoms with Crippen molar-refractivity contribution in [2.24, 2.45) is 0 Å². The van der Waals surface area contributed by atoms with E-state index >= 15 is 0 Å². The Balaban J connectivity index is 1.78. The van der Waals surface area contributed by atoms with Crippen LogP contribution in [0.2, 0.25) is 10.0 Å². The summed E-state index contributed by atoms with van der Waals surface area (Å²) in [5.74, 6) is 0.603. The highest BCUT2D eigenvalue weighted by atomic mass is 35.5. The van der Waals surface area contributed by atoms with E-state index < -0.39 is 10.0 Å². The lowest BCUT2D eigenvalue weighted by molar-refractivity contribution is 0.594. The number of aryl methyl sites for hydroxylation is 1. The molecular formula is C23H17Cl2N5O2S. The molecule has 33 heavy (non-hydrogen) atoms. The van der Waals surface area contributed by atoms with Crippen molar-refractivity contribution in [3.05, 3.63) is 82.3 Å². The number of fused-ring (bicyclic) bond motifs is 3. The Labute approximate surface area is 200 Å². The molecule has 0 N–H and O–H groups in total. The number of para-hydroxylation sites is 2. The number of halogens is 2. The van der Waals surface area contributed by atoms with Crippen molar-refractivity contribution in [2.45, 2.75) is 11.8 Å². The van der Waals surface area contributed by atoms with Gasteiger partial charge in [0, 0.05) is 17.6 Å². The molecule has 5 aromatic rings. The molecule has 0 saturated heterocycles. The predicted molar refractivity (Wildman–Crippen MR) is 131 cm³/mol. The maximum atomic E-state index is 13.4. The van der Waals surface area contributed by atoms with Crippen molar-refractivity contribution in [3.63, 3.8) is 0 Å². The summed E-state index contributed by atoms with van der Waals surface area (Å²) in [6.07, 6.45) is 0. The van der Waals surface area contributed by atoms with E-state index in [9.17, 15) is 8.42 Å². The molecule has 0 bridgehead atoms. The van der Waals surface area contributed by atoms with Gasteiger partial charge in [0.2, 0.25) is 5.65 Å². The lowest BCUT2D eigenvalue weighted by Gasteiger charge is -2.20. The average molecular weight is 498 g/mol. The number of sulfonamides is 1. The molecule has 0 saturated carbocycles. The first kappa shape index (κ1) is 21.6. The van der Waals surface area contributed by atoms with E-state index in [1.54, 1.807) is 52.9 Å². The fourth-order valence-corrected chi connectivity index (χ4v) is 5.25. The van der Waals surface area contributed by atoms with Crippen LogP contribution in [0.3, 0.4) is 0 Å². The van der Waals surface area contributed by atoms with E-state index in [1.165, 1.54) is 7.05 Å². The average Bonchev–Trinajstić information content (AvgIpc) is 3.23. The van der Waals surface area contributed by atoms with Gasteiger partial charge in [0.05, 0.1) is 21.0 Å². The molecule has 5 rings (SSSR count). The highest BCUT2D eigenvalue weighted by molar-refractivity contribution is 7.92. The molecule has 0 aliphatic carbocycles. The van der Waals surface area contributed by atoms with Crippen LogP contribution in [-0.4, -0.2) is 35.0 Å². The quantitative estimate of drug-likeness (QED) is 0.332. The van der Waals surface area contributed by atoms with Crippen LogP contribution < -0.4 is 4.31 Å². The molecule has 10 heteroatoms. The van der Waals surface area contributed by atoms with E-state index in [0.717, 1.165) is 9.87 Å². The van der Waals surface area contributed by atoms with Crippen LogP contribution in [0, 0.1) is 6.92 Å². The first-order chi connectivity index (χ1) is 15.8. The number of hydrogen-bond donors (Lipinski definition) is 0. The van der Waals surface area contributed by atoms with Crippen molar-refractivity contribution < 1.29 is 8.42 Å². The van der Waals surface area contributed by atoms with Gasteiger partial charge < -0.3 is 0 Å². The van der Waals surface area contributed by atoms with Gasteiger partial charge in [-0.3, -0.25) is 4.40 Å². The van der Waals surface area contributed by atoms with Gasteiger partial charge >= 0.3 is 0 Å². The van der Waals surface area contributed by atoms with Gasteiger partial charge in [-0.15, -0.1) is 10.2 Å². The number of anilines is 1. The second-order valence-corrected chi connectivity index (χ2v) is 10.3. The standard InChI is InChI=1S/C23H17Cl2N5O2S/c1-14-7-10-16(11-8-14)33(31,32)29(2)22-23-28-27-21(17-12-9-15(24)13-18(17)25)30(23)20-6-4-3-5-19(20)26-22/h3-13H,1-2H3. The lowest BCUT2D eigenvalue weighted by Crippen LogP contribution is -2.28. The molecule has 0 unspecified atom stereocenters. The summed E-state index contributed by atoms with van der Waals surface area (Å²) >= 11 is 12.5. The third-order valence-electron chi connectivity index (χ3n) is 5.36. The van der Waals surface area contributed by atoms with Crippen molar-refractivity contribution in [1.29, 1.82) is 0 Å².